The van der Waals surface area contributed by atoms with Crippen LogP contribution in [0.3, 0.4) is 0 Å². The molecule has 1 fully saturated rings. The molecule has 4 heterocycles. The van der Waals surface area contributed by atoms with Crippen LogP contribution in [0.5, 0.6) is 11.6 Å². The van der Waals surface area contributed by atoms with Crippen LogP contribution in [-0.2, 0) is 25.9 Å². The third-order valence-corrected chi connectivity index (χ3v) is 9.43. The molecule has 4 aromatic rings. The predicted molar refractivity (Wildman–Crippen MR) is 179 cm³/mol. The van der Waals surface area contributed by atoms with E-state index in [1.165, 1.54) is 13.2 Å². The number of benzene rings is 2. The zero-order chi connectivity index (χ0) is 33.9. The summed E-state index contributed by atoms with van der Waals surface area (Å²) in [5.74, 6) is -0.0199. The number of aliphatic hydroxyl groups is 1. The topological polar surface area (TPSA) is 101 Å². The Morgan fingerprint density at radius 2 is 1.79 bits per heavy atom. The van der Waals surface area contributed by atoms with Crippen LogP contribution in [0.4, 0.5) is 8.78 Å². The first-order chi connectivity index (χ1) is 23.1. The number of ketones is 1. The van der Waals surface area contributed by atoms with E-state index in [0.29, 0.717) is 100.0 Å². The molecule has 0 atom stereocenters. The standard InChI is InChI=1S/C35H35Cl2F2N5O4/c1-3-11-43-12-10-24-28(18-43)41-26(14-31(24)48-35(38)39)30(46)13-20-6-4-7-22(32(20)36)23-8-5-9-25(33(23)37)27-15-40-29(34(42-27)47-2)19-44-16-21(45)17-44/h4-9,14-15,21,35,45H,3,10-13,16-19H2,1-2H3. The molecule has 2 aliphatic heterocycles. The summed E-state index contributed by atoms with van der Waals surface area (Å²) in [5.41, 5.74) is 4.78. The van der Waals surface area contributed by atoms with Crippen molar-refractivity contribution in [3.63, 3.8) is 0 Å². The number of aromatic nitrogens is 3. The fourth-order valence-electron chi connectivity index (χ4n) is 6.22. The van der Waals surface area contributed by atoms with Crippen LogP contribution in [0.1, 0.15) is 46.3 Å². The summed E-state index contributed by atoms with van der Waals surface area (Å²) < 4.78 is 37.0. The van der Waals surface area contributed by atoms with E-state index in [0.717, 1.165) is 13.0 Å². The van der Waals surface area contributed by atoms with Gasteiger partial charge in [0, 0.05) is 67.5 Å². The molecule has 13 heteroatoms. The largest absolute Gasteiger partial charge is 0.480 e. The predicted octanol–water partition coefficient (Wildman–Crippen LogP) is 6.49. The van der Waals surface area contributed by atoms with Gasteiger partial charge in [0.2, 0.25) is 5.88 Å². The second-order valence-electron chi connectivity index (χ2n) is 11.9. The van der Waals surface area contributed by atoms with Gasteiger partial charge in [0.1, 0.15) is 17.1 Å². The molecule has 0 radical (unpaired) electrons. The highest BCUT2D eigenvalue weighted by Crippen LogP contribution is 2.40. The highest BCUT2D eigenvalue weighted by atomic mass is 35.5. The number of carbonyl (C=O) groups is 1. The normalized spacial score (nSPS) is 15.3. The minimum Gasteiger partial charge on any atom is -0.480 e. The minimum atomic E-state index is -3.02. The molecule has 9 nitrogen and oxygen atoms in total. The van der Waals surface area contributed by atoms with Gasteiger partial charge >= 0.3 is 6.61 Å². The van der Waals surface area contributed by atoms with E-state index in [1.807, 2.05) is 29.2 Å². The van der Waals surface area contributed by atoms with Crippen molar-refractivity contribution in [1.82, 2.24) is 24.8 Å². The first kappa shape index (κ1) is 34.1. The number of pyridine rings is 1. The second-order valence-corrected chi connectivity index (χ2v) is 12.7. The molecule has 0 unspecified atom stereocenters. The summed E-state index contributed by atoms with van der Waals surface area (Å²) in [5, 5.41) is 10.3. The average Bonchev–Trinajstić information content (AvgIpc) is 3.05. The highest BCUT2D eigenvalue weighted by molar-refractivity contribution is 6.38. The van der Waals surface area contributed by atoms with Crippen LogP contribution in [-0.4, -0.2) is 81.6 Å². The van der Waals surface area contributed by atoms with Gasteiger partial charge in [-0.3, -0.25) is 19.6 Å². The van der Waals surface area contributed by atoms with Crippen molar-refractivity contribution in [2.24, 2.45) is 0 Å². The fraction of sp³-hybridized carbons (Fsp3) is 0.371. The van der Waals surface area contributed by atoms with Crippen LogP contribution in [0.25, 0.3) is 22.4 Å². The molecule has 1 saturated heterocycles. The molecule has 2 aliphatic rings. The van der Waals surface area contributed by atoms with Crippen molar-refractivity contribution in [1.29, 1.82) is 0 Å². The van der Waals surface area contributed by atoms with E-state index in [2.05, 4.69) is 26.8 Å². The van der Waals surface area contributed by atoms with Crippen molar-refractivity contribution in [2.45, 2.75) is 52.0 Å². The number of halogens is 4. The number of nitrogens with zero attached hydrogens (tertiary/aromatic N) is 5. The van der Waals surface area contributed by atoms with Crippen LogP contribution >= 0.6 is 23.2 Å². The smallest absolute Gasteiger partial charge is 0.387 e. The lowest BCUT2D eigenvalue weighted by Gasteiger charge is -2.35. The molecule has 0 amide bonds. The lowest BCUT2D eigenvalue weighted by Crippen LogP contribution is -2.50. The van der Waals surface area contributed by atoms with E-state index in [9.17, 15) is 18.7 Å². The maximum absolute atomic E-state index is 13.6. The number of methoxy groups -OCH3 is 1. The molecule has 2 aromatic heterocycles. The van der Waals surface area contributed by atoms with Gasteiger partial charge in [0.15, 0.2) is 5.78 Å². The second kappa shape index (κ2) is 14.8. The van der Waals surface area contributed by atoms with Gasteiger partial charge in [-0.15, -0.1) is 0 Å². The average molecular weight is 699 g/mol. The molecular formula is C35H35Cl2F2N5O4. The Bertz CT molecular complexity index is 1820. The van der Waals surface area contributed by atoms with Crippen molar-refractivity contribution in [3.8, 4) is 34.0 Å². The van der Waals surface area contributed by atoms with Gasteiger partial charge < -0.3 is 14.6 Å². The van der Waals surface area contributed by atoms with Crippen LogP contribution in [0, 0.1) is 0 Å². The zero-order valence-corrected chi connectivity index (χ0v) is 28.1. The van der Waals surface area contributed by atoms with Gasteiger partial charge in [0.05, 0.1) is 40.8 Å². The Balaban J connectivity index is 1.27. The molecule has 1 N–H and O–H groups in total. The number of aliphatic hydroxyl groups excluding tert-OH is 1. The van der Waals surface area contributed by atoms with E-state index < -0.39 is 6.61 Å². The number of rotatable bonds is 12. The van der Waals surface area contributed by atoms with Crippen LogP contribution in [0.15, 0.2) is 48.7 Å². The Labute approximate surface area is 287 Å². The fourth-order valence-corrected chi connectivity index (χ4v) is 6.84. The maximum Gasteiger partial charge on any atom is 0.387 e. The number of carbonyl (C=O) groups excluding carboxylic acids is 1. The molecular weight excluding hydrogens is 663 g/mol. The quantitative estimate of drug-likeness (QED) is 0.167. The molecule has 6 rings (SSSR count). The van der Waals surface area contributed by atoms with Crippen molar-refractivity contribution < 1.29 is 28.2 Å². The summed E-state index contributed by atoms with van der Waals surface area (Å²) in [6.45, 7) is 2.69. The minimum absolute atomic E-state index is 0.00921. The first-order valence-corrected chi connectivity index (χ1v) is 16.5. The molecule has 2 aromatic carbocycles. The summed E-state index contributed by atoms with van der Waals surface area (Å²) in [6, 6.07) is 12.1. The molecule has 0 bridgehead atoms. The van der Waals surface area contributed by atoms with Crippen molar-refractivity contribution in [3.05, 3.63) is 86.9 Å². The SMILES string of the molecule is CCCN1CCc2c(OC(F)F)cc(C(=O)Cc3cccc(-c4cccc(-c5cnc(CN6CC(O)C6)c(OC)n5)c4Cl)c3Cl)nc2C1. The van der Waals surface area contributed by atoms with Crippen molar-refractivity contribution in [2.75, 3.05) is 33.3 Å². The molecule has 0 aliphatic carbocycles. The summed E-state index contributed by atoms with van der Waals surface area (Å²) in [4.78, 5) is 31.7. The van der Waals surface area contributed by atoms with Crippen molar-refractivity contribution >= 4 is 29.0 Å². The monoisotopic (exact) mass is 697 g/mol. The Kier molecular flexibility index (Phi) is 10.5. The van der Waals surface area contributed by atoms with Gasteiger partial charge in [-0.05, 0) is 24.9 Å². The zero-order valence-electron chi connectivity index (χ0n) is 26.6. The van der Waals surface area contributed by atoms with Gasteiger partial charge in [0.25, 0.3) is 0 Å². The number of hydrogen-bond acceptors (Lipinski definition) is 9. The molecule has 252 valence electrons. The third kappa shape index (κ3) is 7.30. The highest BCUT2D eigenvalue weighted by Gasteiger charge is 2.27. The summed E-state index contributed by atoms with van der Waals surface area (Å²) in [7, 11) is 1.53. The number of fused-ring (bicyclic) bond motifs is 1. The van der Waals surface area contributed by atoms with Crippen LogP contribution in [0.2, 0.25) is 10.0 Å². The number of hydrogen-bond donors (Lipinski definition) is 1. The van der Waals surface area contributed by atoms with E-state index in [4.69, 9.17) is 32.7 Å². The Hall–Kier alpha value is -3.74. The number of β-amino-alcohol motifs (C(OH)–C–C–N with tert-alkyl or cyclic N) is 1. The van der Waals surface area contributed by atoms with E-state index >= 15 is 0 Å². The summed E-state index contributed by atoms with van der Waals surface area (Å²) >= 11 is 13.9. The number of alkyl halides is 2. The summed E-state index contributed by atoms with van der Waals surface area (Å²) in [6.07, 6.45) is 2.65. The molecule has 48 heavy (non-hydrogen) atoms. The van der Waals surface area contributed by atoms with Gasteiger partial charge in [-0.25, -0.2) is 9.97 Å². The Morgan fingerprint density at radius 3 is 2.50 bits per heavy atom. The lowest BCUT2D eigenvalue weighted by molar-refractivity contribution is -0.0508. The molecule has 0 saturated carbocycles. The maximum atomic E-state index is 13.6. The number of Topliss-reactive ketones (excluding diaryl/α,β-unsaturated/α-hetero) is 1. The van der Waals surface area contributed by atoms with Gasteiger partial charge in [-0.2, -0.15) is 8.78 Å². The number of ether oxygens (including phenoxy) is 2. The lowest BCUT2D eigenvalue weighted by atomic mass is 9.97. The van der Waals surface area contributed by atoms with Crippen LogP contribution < -0.4 is 9.47 Å². The number of likely N-dealkylation sites (tertiary alicyclic amines) is 1. The molecule has 0 spiro atoms. The Morgan fingerprint density at radius 1 is 1.06 bits per heavy atom. The first-order valence-electron chi connectivity index (χ1n) is 15.7. The van der Waals surface area contributed by atoms with E-state index in [-0.39, 0.29) is 29.8 Å². The van der Waals surface area contributed by atoms with Gasteiger partial charge in [-0.1, -0.05) is 66.5 Å². The third-order valence-electron chi connectivity index (χ3n) is 8.57. The van der Waals surface area contributed by atoms with E-state index in [1.54, 1.807) is 18.3 Å².